The van der Waals surface area contributed by atoms with Gasteiger partial charge in [-0.25, -0.2) is 4.98 Å². The molecule has 17 heavy (non-hydrogen) atoms. The first-order chi connectivity index (χ1) is 8.22. The molecule has 0 aliphatic heterocycles. The molecule has 2 atom stereocenters. The summed E-state index contributed by atoms with van der Waals surface area (Å²) in [5, 5.41) is 2.05. The van der Waals surface area contributed by atoms with Crippen LogP contribution in [0.25, 0.3) is 4.96 Å². The standard InChI is InChI=1S/C12H20N4S/c1-3-9(2)6-10(15-13)7-11-8-16-4-5-17-12(16)14-11/h4-5,8-10,15H,3,6-7,13H2,1-2H3. The smallest absolute Gasteiger partial charge is 0.193 e. The Morgan fingerprint density at radius 3 is 3.06 bits per heavy atom. The Bertz CT molecular complexity index is 433. The van der Waals surface area contributed by atoms with Crippen molar-refractivity contribution in [3.63, 3.8) is 0 Å². The van der Waals surface area contributed by atoms with Gasteiger partial charge in [0, 0.05) is 30.2 Å². The Balaban J connectivity index is 2.00. The van der Waals surface area contributed by atoms with Crippen LogP contribution in [0.1, 0.15) is 32.4 Å². The molecule has 5 heteroatoms. The monoisotopic (exact) mass is 252 g/mol. The fourth-order valence-corrected chi connectivity index (χ4v) is 2.71. The number of thiazole rings is 1. The first-order valence-corrected chi connectivity index (χ1v) is 6.98. The Morgan fingerprint density at radius 1 is 1.59 bits per heavy atom. The van der Waals surface area contributed by atoms with Crippen LogP contribution in [0.4, 0.5) is 0 Å². The van der Waals surface area contributed by atoms with Crippen molar-refractivity contribution in [2.24, 2.45) is 11.8 Å². The van der Waals surface area contributed by atoms with Crippen LogP contribution in [0.5, 0.6) is 0 Å². The fraction of sp³-hybridized carbons (Fsp3) is 0.583. The van der Waals surface area contributed by atoms with Gasteiger partial charge < -0.3 is 0 Å². The highest BCUT2D eigenvalue weighted by molar-refractivity contribution is 7.15. The summed E-state index contributed by atoms with van der Waals surface area (Å²) in [6, 6.07) is 0.314. The first kappa shape index (κ1) is 12.5. The van der Waals surface area contributed by atoms with Crippen molar-refractivity contribution in [3.8, 4) is 0 Å². The molecule has 0 saturated carbocycles. The van der Waals surface area contributed by atoms with E-state index in [9.17, 15) is 0 Å². The second-order valence-electron chi connectivity index (χ2n) is 4.64. The lowest BCUT2D eigenvalue weighted by Crippen LogP contribution is -2.38. The fourth-order valence-electron chi connectivity index (χ4n) is 1.99. The van der Waals surface area contributed by atoms with Crippen LogP contribution >= 0.6 is 11.3 Å². The minimum Gasteiger partial charge on any atom is -0.297 e. The van der Waals surface area contributed by atoms with E-state index in [4.69, 9.17) is 5.84 Å². The van der Waals surface area contributed by atoms with Gasteiger partial charge in [-0.2, -0.15) is 0 Å². The van der Waals surface area contributed by atoms with Gasteiger partial charge in [0.05, 0.1) is 5.69 Å². The third-order valence-corrected chi connectivity index (χ3v) is 3.99. The molecule has 0 aliphatic carbocycles. The molecule has 2 aromatic rings. The number of nitrogens with one attached hydrogen (secondary N) is 1. The van der Waals surface area contributed by atoms with E-state index in [-0.39, 0.29) is 0 Å². The Labute approximate surface area is 106 Å². The van der Waals surface area contributed by atoms with E-state index >= 15 is 0 Å². The van der Waals surface area contributed by atoms with Crippen molar-refractivity contribution in [3.05, 3.63) is 23.5 Å². The second kappa shape index (κ2) is 5.62. The van der Waals surface area contributed by atoms with Gasteiger partial charge in [-0.05, 0) is 12.3 Å². The van der Waals surface area contributed by atoms with Crippen molar-refractivity contribution >= 4 is 16.3 Å². The second-order valence-corrected chi connectivity index (χ2v) is 5.51. The number of imidazole rings is 1. The van der Waals surface area contributed by atoms with Gasteiger partial charge in [-0.1, -0.05) is 20.3 Å². The molecule has 0 fully saturated rings. The molecule has 2 heterocycles. The van der Waals surface area contributed by atoms with Gasteiger partial charge in [-0.15, -0.1) is 11.3 Å². The van der Waals surface area contributed by atoms with Crippen molar-refractivity contribution in [2.45, 2.75) is 39.2 Å². The summed E-state index contributed by atoms with van der Waals surface area (Å²) in [6.07, 6.45) is 7.31. The molecule has 0 bridgehead atoms. The number of aromatic nitrogens is 2. The molecule has 0 spiro atoms. The lowest BCUT2D eigenvalue weighted by Gasteiger charge is -2.18. The Morgan fingerprint density at radius 2 is 2.41 bits per heavy atom. The third kappa shape index (κ3) is 3.06. The third-order valence-electron chi connectivity index (χ3n) is 3.22. The maximum Gasteiger partial charge on any atom is 0.193 e. The van der Waals surface area contributed by atoms with E-state index in [1.165, 1.54) is 6.42 Å². The van der Waals surface area contributed by atoms with Crippen molar-refractivity contribution in [2.75, 3.05) is 0 Å². The maximum absolute atomic E-state index is 5.61. The van der Waals surface area contributed by atoms with E-state index in [0.29, 0.717) is 12.0 Å². The normalized spacial score (nSPS) is 15.2. The van der Waals surface area contributed by atoms with Gasteiger partial charge in [-0.3, -0.25) is 15.7 Å². The highest BCUT2D eigenvalue weighted by atomic mass is 32.1. The molecule has 2 rings (SSSR count). The average Bonchev–Trinajstić information content (AvgIpc) is 2.88. The summed E-state index contributed by atoms with van der Waals surface area (Å²) in [4.78, 5) is 5.63. The summed E-state index contributed by atoms with van der Waals surface area (Å²) in [6.45, 7) is 4.47. The van der Waals surface area contributed by atoms with Crippen LogP contribution in [0.3, 0.4) is 0 Å². The maximum atomic E-state index is 5.61. The topological polar surface area (TPSA) is 55.3 Å². The first-order valence-electron chi connectivity index (χ1n) is 6.10. The molecular formula is C12H20N4S. The lowest BCUT2D eigenvalue weighted by molar-refractivity contribution is 0.395. The number of hydrazine groups is 1. The molecule has 0 radical (unpaired) electrons. The zero-order valence-corrected chi connectivity index (χ0v) is 11.2. The predicted molar refractivity (Wildman–Crippen MR) is 72.0 cm³/mol. The van der Waals surface area contributed by atoms with Crippen LogP contribution in [-0.4, -0.2) is 15.4 Å². The molecular weight excluding hydrogens is 232 g/mol. The lowest BCUT2D eigenvalue weighted by atomic mass is 9.97. The van der Waals surface area contributed by atoms with Crippen LogP contribution in [0, 0.1) is 5.92 Å². The summed E-state index contributed by atoms with van der Waals surface area (Å²) in [5.74, 6) is 6.31. The number of fused-ring (bicyclic) bond motifs is 1. The largest absolute Gasteiger partial charge is 0.297 e. The highest BCUT2D eigenvalue weighted by Crippen LogP contribution is 2.16. The van der Waals surface area contributed by atoms with Gasteiger partial charge in [0.15, 0.2) is 4.96 Å². The molecule has 0 aromatic carbocycles. The summed E-state index contributed by atoms with van der Waals surface area (Å²) in [5.41, 5.74) is 4.02. The highest BCUT2D eigenvalue weighted by Gasteiger charge is 2.13. The number of rotatable bonds is 6. The van der Waals surface area contributed by atoms with Crippen molar-refractivity contribution in [1.82, 2.24) is 14.8 Å². The number of hydrogen-bond acceptors (Lipinski definition) is 4. The van der Waals surface area contributed by atoms with Crippen LogP contribution in [0.15, 0.2) is 17.8 Å². The van der Waals surface area contributed by atoms with Gasteiger partial charge in [0.2, 0.25) is 0 Å². The van der Waals surface area contributed by atoms with E-state index < -0.39 is 0 Å². The molecule has 0 saturated heterocycles. The summed E-state index contributed by atoms with van der Waals surface area (Å²) < 4.78 is 2.07. The number of hydrogen-bond donors (Lipinski definition) is 2. The van der Waals surface area contributed by atoms with E-state index in [0.717, 1.165) is 23.5 Å². The van der Waals surface area contributed by atoms with Gasteiger partial charge >= 0.3 is 0 Å². The quantitative estimate of drug-likeness (QED) is 0.612. The molecule has 94 valence electrons. The molecule has 0 aliphatic rings. The van der Waals surface area contributed by atoms with Crippen molar-refractivity contribution in [1.29, 1.82) is 0 Å². The van der Waals surface area contributed by atoms with Gasteiger partial charge in [0.25, 0.3) is 0 Å². The predicted octanol–water partition coefficient (Wildman–Crippen LogP) is 2.21. The Kier molecular flexibility index (Phi) is 4.15. The minimum absolute atomic E-state index is 0.314. The average molecular weight is 252 g/mol. The van der Waals surface area contributed by atoms with E-state index in [1.54, 1.807) is 11.3 Å². The summed E-state index contributed by atoms with van der Waals surface area (Å²) >= 11 is 1.66. The zero-order chi connectivity index (χ0) is 12.3. The van der Waals surface area contributed by atoms with Crippen LogP contribution in [-0.2, 0) is 6.42 Å². The SMILES string of the molecule is CCC(C)CC(Cc1cn2ccsc2n1)NN. The molecule has 2 unspecified atom stereocenters. The number of nitrogens with two attached hydrogens (primary N) is 1. The van der Waals surface area contributed by atoms with Crippen LogP contribution < -0.4 is 11.3 Å². The van der Waals surface area contributed by atoms with E-state index in [2.05, 4.69) is 34.9 Å². The molecule has 4 nitrogen and oxygen atoms in total. The zero-order valence-electron chi connectivity index (χ0n) is 10.4. The van der Waals surface area contributed by atoms with Crippen molar-refractivity contribution < 1.29 is 0 Å². The number of nitrogens with zero attached hydrogens (tertiary/aromatic N) is 2. The molecule has 2 aromatic heterocycles. The molecule has 0 amide bonds. The van der Waals surface area contributed by atoms with Crippen LogP contribution in [0.2, 0.25) is 0 Å². The Hall–Kier alpha value is -0.910. The van der Waals surface area contributed by atoms with E-state index in [1.807, 2.05) is 11.6 Å². The molecule has 3 N–H and O–H groups in total. The summed E-state index contributed by atoms with van der Waals surface area (Å²) in [7, 11) is 0. The minimum atomic E-state index is 0.314. The van der Waals surface area contributed by atoms with Gasteiger partial charge in [0.1, 0.15) is 0 Å².